The molecule has 29 heavy (non-hydrogen) atoms. The van der Waals surface area contributed by atoms with Gasteiger partial charge in [-0.15, -0.1) is 0 Å². The molecule has 0 radical (unpaired) electrons. The number of hydrogen-bond acceptors (Lipinski definition) is 5. The van der Waals surface area contributed by atoms with Crippen molar-refractivity contribution in [3.63, 3.8) is 0 Å². The Morgan fingerprint density at radius 3 is 2.34 bits per heavy atom. The number of carbonyl (C=O) groups is 1. The summed E-state index contributed by atoms with van der Waals surface area (Å²) in [5.41, 5.74) is 1.48. The van der Waals surface area contributed by atoms with Crippen LogP contribution in [0.3, 0.4) is 0 Å². The van der Waals surface area contributed by atoms with Gasteiger partial charge in [0.15, 0.2) is 0 Å². The van der Waals surface area contributed by atoms with E-state index in [0.29, 0.717) is 10.7 Å². The van der Waals surface area contributed by atoms with Crippen molar-refractivity contribution in [1.29, 1.82) is 0 Å². The summed E-state index contributed by atoms with van der Waals surface area (Å²) in [5, 5.41) is 3.04. The molecular formula is C20H25ClN4O3S. The Morgan fingerprint density at radius 1 is 1.07 bits per heavy atom. The second-order valence-electron chi connectivity index (χ2n) is 7.08. The van der Waals surface area contributed by atoms with Gasteiger partial charge in [0, 0.05) is 46.0 Å². The number of sulfonamides is 1. The predicted octanol–water partition coefficient (Wildman–Crippen LogP) is 2.35. The molecule has 0 saturated carbocycles. The minimum atomic E-state index is -3.60. The fourth-order valence-corrected chi connectivity index (χ4v) is 4.26. The molecule has 1 saturated heterocycles. The minimum Gasteiger partial charge on any atom is -0.369 e. The number of anilines is 2. The molecule has 1 fully saturated rings. The van der Waals surface area contributed by atoms with Crippen LogP contribution in [0, 0.1) is 0 Å². The number of rotatable bonds is 6. The van der Waals surface area contributed by atoms with Crippen molar-refractivity contribution in [1.82, 2.24) is 9.21 Å². The van der Waals surface area contributed by atoms with E-state index in [0.717, 1.165) is 30.5 Å². The van der Waals surface area contributed by atoms with Crippen LogP contribution in [0.25, 0.3) is 0 Å². The summed E-state index contributed by atoms with van der Waals surface area (Å²) in [4.78, 5) is 16.9. The van der Waals surface area contributed by atoms with Gasteiger partial charge < -0.3 is 10.2 Å². The highest BCUT2D eigenvalue weighted by Gasteiger charge is 2.21. The molecular weight excluding hydrogens is 412 g/mol. The molecule has 0 bridgehead atoms. The molecule has 0 spiro atoms. The third-order valence-electron chi connectivity index (χ3n) is 4.85. The molecule has 1 aliphatic heterocycles. The third-order valence-corrected chi connectivity index (χ3v) is 6.99. The highest BCUT2D eigenvalue weighted by molar-refractivity contribution is 7.89. The van der Waals surface area contributed by atoms with E-state index in [-0.39, 0.29) is 17.3 Å². The lowest BCUT2D eigenvalue weighted by Crippen LogP contribution is -2.48. The molecule has 0 atom stereocenters. The first-order valence-corrected chi connectivity index (χ1v) is 11.1. The van der Waals surface area contributed by atoms with Crippen LogP contribution >= 0.6 is 11.6 Å². The number of para-hydroxylation sites is 1. The van der Waals surface area contributed by atoms with Crippen molar-refractivity contribution in [3.05, 3.63) is 53.6 Å². The molecule has 0 aromatic heterocycles. The molecule has 2 aromatic rings. The van der Waals surface area contributed by atoms with Crippen LogP contribution in [0.15, 0.2) is 53.4 Å². The lowest BCUT2D eigenvalue weighted by molar-refractivity contribution is -0.117. The summed E-state index contributed by atoms with van der Waals surface area (Å²) >= 11 is 6.16. The Kier molecular flexibility index (Phi) is 6.79. The van der Waals surface area contributed by atoms with Gasteiger partial charge in [-0.25, -0.2) is 12.7 Å². The fourth-order valence-electron chi connectivity index (χ4n) is 3.17. The number of piperazine rings is 1. The zero-order chi connectivity index (χ0) is 21.0. The Labute approximate surface area is 176 Å². The number of benzene rings is 2. The van der Waals surface area contributed by atoms with Gasteiger partial charge in [-0.2, -0.15) is 0 Å². The molecule has 1 N–H and O–H groups in total. The largest absolute Gasteiger partial charge is 0.369 e. The molecule has 9 heteroatoms. The SMILES string of the molecule is CN(C)S(=O)(=O)c1ccc(Cl)c(NC(=O)CN2CCN(c3ccccc3)CC2)c1. The second kappa shape index (κ2) is 9.13. The average Bonchev–Trinajstić information content (AvgIpc) is 2.70. The number of nitrogens with one attached hydrogen (secondary N) is 1. The van der Waals surface area contributed by atoms with Crippen molar-refractivity contribution in [2.24, 2.45) is 0 Å². The van der Waals surface area contributed by atoms with E-state index in [1.165, 1.54) is 38.0 Å². The lowest BCUT2D eigenvalue weighted by atomic mass is 10.2. The van der Waals surface area contributed by atoms with Crippen LogP contribution in [-0.4, -0.2) is 70.3 Å². The van der Waals surface area contributed by atoms with Gasteiger partial charge in [-0.3, -0.25) is 9.69 Å². The van der Waals surface area contributed by atoms with E-state index in [4.69, 9.17) is 11.6 Å². The summed E-state index contributed by atoms with van der Waals surface area (Å²) in [6, 6.07) is 14.5. The van der Waals surface area contributed by atoms with Gasteiger partial charge in [0.25, 0.3) is 0 Å². The Bertz CT molecular complexity index is 959. The summed E-state index contributed by atoms with van der Waals surface area (Å²) in [6.07, 6.45) is 0. The number of carbonyl (C=O) groups excluding carboxylic acids is 1. The second-order valence-corrected chi connectivity index (χ2v) is 9.64. The molecule has 7 nitrogen and oxygen atoms in total. The number of halogens is 1. The predicted molar refractivity (Wildman–Crippen MR) is 116 cm³/mol. The first-order chi connectivity index (χ1) is 13.8. The van der Waals surface area contributed by atoms with E-state index >= 15 is 0 Å². The number of hydrogen-bond donors (Lipinski definition) is 1. The summed E-state index contributed by atoms with van der Waals surface area (Å²) in [7, 11) is -0.693. The maximum absolute atomic E-state index is 12.5. The lowest BCUT2D eigenvalue weighted by Gasteiger charge is -2.35. The summed E-state index contributed by atoms with van der Waals surface area (Å²) < 4.78 is 25.7. The van der Waals surface area contributed by atoms with Crippen molar-refractivity contribution in [2.45, 2.75) is 4.90 Å². The molecule has 1 heterocycles. The van der Waals surface area contributed by atoms with Gasteiger partial charge in [-0.1, -0.05) is 29.8 Å². The monoisotopic (exact) mass is 436 g/mol. The van der Waals surface area contributed by atoms with Gasteiger partial charge in [-0.05, 0) is 30.3 Å². The molecule has 3 rings (SSSR count). The topological polar surface area (TPSA) is 73.0 Å². The van der Waals surface area contributed by atoms with Crippen LogP contribution < -0.4 is 10.2 Å². The molecule has 156 valence electrons. The maximum atomic E-state index is 12.5. The van der Waals surface area contributed by atoms with E-state index in [9.17, 15) is 13.2 Å². The first kappa shape index (κ1) is 21.6. The number of amides is 1. The van der Waals surface area contributed by atoms with Crippen molar-refractivity contribution >= 4 is 38.9 Å². The summed E-state index contributed by atoms with van der Waals surface area (Å²) in [5.74, 6) is -0.223. The van der Waals surface area contributed by atoms with E-state index in [1.54, 1.807) is 0 Å². The van der Waals surface area contributed by atoms with Gasteiger partial charge >= 0.3 is 0 Å². The third kappa shape index (κ3) is 5.27. The molecule has 0 unspecified atom stereocenters. The Hall–Kier alpha value is -2.13. The normalized spacial score (nSPS) is 15.5. The highest BCUT2D eigenvalue weighted by atomic mass is 35.5. The van der Waals surface area contributed by atoms with Crippen LogP contribution in [0.2, 0.25) is 5.02 Å². The van der Waals surface area contributed by atoms with Gasteiger partial charge in [0.2, 0.25) is 15.9 Å². The molecule has 1 aliphatic rings. The maximum Gasteiger partial charge on any atom is 0.242 e. The number of nitrogens with zero attached hydrogens (tertiary/aromatic N) is 3. The Balaban J connectivity index is 1.59. The molecule has 2 aromatic carbocycles. The molecule has 1 amide bonds. The fraction of sp³-hybridized carbons (Fsp3) is 0.350. The van der Waals surface area contributed by atoms with E-state index in [1.807, 2.05) is 18.2 Å². The van der Waals surface area contributed by atoms with Crippen molar-refractivity contribution in [3.8, 4) is 0 Å². The van der Waals surface area contributed by atoms with Gasteiger partial charge in [0.1, 0.15) is 0 Å². The quantitative estimate of drug-likeness (QED) is 0.752. The zero-order valence-corrected chi connectivity index (χ0v) is 18.1. The minimum absolute atomic E-state index is 0.0821. The van der Waals surface area contributed by atoms with Crippen LogP contribution in [0.4, 0.5) is 11.4 Å². The smallest absolute Gasteiger partial charge is 0.242 e. The van der Waals surface area contributed by atoms with Crippen LogP contribution in [-0.2, 0) is 14.8 Å². The first-order valence-electron chi connectivity index (χ1n) is 9.31. The van der Waals surface area contributed by atoms with E-state index in [2.05, 4.69) is 27.2 Å². The highest BCUT2D eigenvalue weighted by Crippen LogP contribution is 2.26. The zero-order valence-electron chi connectivity index (χ0n) is 16.5. The van der Waals surface area contributed by atoms with Crippen molar-refractivity contribution in [2.75, 3.05) is 57.0 Å². The van der Waals surface area contributed by atoms with E-state index < -0.39 is 10.0 Å². The van der Waals surface area contributed by atoms with Crippen LogP contribution in [0.1, 0.15) is 0 Å². The van der Waals surface area contributed by atoms with Gasteiger partial charge in [0.05, 0.1) is 22.2 Å². The Morgan fingerprint density at radius 2 is 1.72 bits per heavy atom. The van der Waals surface area contributed by atoms with Crippen molar-refractivity contribution < 1.29 is 13.2 Å². The standard InChI is InChI=1S/C20H25ClN4O3S/c1-23(2)29(27,28)17-8-9-18(21)19(14-17)22-20(26)15-24-10-12-25(13-11-24)16-6-4-3-5-7-16/h3-9,14H,10-13,15H2,1-2H3,(H,22,26). The molecule has 0 aliphatic carbocycles. The summed E-state index contributed by atoms with van der Waals surface area (Å²) in [6.45, 7) is 3.45. The average molecular weight is 437 g/mol. The van der Waals surface area contributed by atoms with Crippen LogP contribution in [0.5, 0.6) is 0 Å².